The summed E-state index contributed by atoms with van der Waals surface area (Å²) >= 11 is 0. The van der Waals surface area contributed by atoms with E-state index in [4.69, 9.17) is 4.74 Å². The highest BCUT2D eigenvalue weighted by molar-refractivity contribution is 5.93. The van der Waals surface area contributed by atoms with E-state index in [1.54, 1.807) is 34.6 Å². The van der Waals surface area contributed by atoms with Crippen LogP contribution in [0.5, 0.6) is 0 Å². The molecule has 0 aliphatic carbocycles. The number of amides is 2. The van der Waals surface area contributed by atoms with Gasteiger partial charge in [0, 0.05) is 5.69 Å². The molecule has 0 fully saturated rings. The minimum absolute atomic E-state index is 0.101. The van der Waals surface area contributed by atoms with Gasteiger partial charge in [0.1, 0.15) is 24.3 Å². The molecule has 8 nitrogen and oxygen atoms in total. The predicted molar refractivity (Wildman–Crippen MR) is 103 cm³/mol. The fraction of sp³-hybridized carbons (Fsp3) is 0.474. The van der Waals surface area contributed by atoms with Gasteiger partial charge in [0.05, 0.1) is 11.3 Å². The Kier molecular flexibility index (Phi) is 6.73. The highest BCUT2D eigenvalue weighted by Gasteiger charge is 2.35. The van der Waals surface area contributed by atoms with Gasteiger partial charge in [-0.3, -0.25) is 0 Å². The lowest BCUT2D eigenvalue weighted by atomic mass is 10.0. The van der Waals surface area contributed by atoms with Crippen molar-refractivity contribution >= 4 is 17.7 Å². The fourth-order valence-electron chi connectivity index (χ4n) is 2.54. The zero-order valence-electron chi connectivity index (χ0n) is 17.2. The van der Waals surface area contributed by atoms with Crippen molar-refractivity contribution in [2.75, 3.05) is 5.32 Å². The summed E-state index contributed by atoms with van der Waals surface area (Å²) in [4.78, 5) is 28.3. The van der Waals surface area contributed by atoms with E-state index >= 15 is 0 Å². The van der Waals surface area contributed by atoms with E-state index in [0.717, 1.165) is 23.4 Å². The van der Waals surface area contributed by atoms with Crippen LogP contribution < -0.4 is 10.6 Å². The lowest BCUT2D eigenvalue weighted by molar-refractivity contribution is -0.158. The summed E-state index contributed by atoms with van der Waals surface area (Å²) in [6, 6.07) is 1.45. The van der Waals surface area contributed by atoms with Gasteiger partial charge >= 0.3 is 18.2 Å². The maximum Gasteiger partial charge on any atom is 0.418 e. The van der Waals surface area contributed by atoms with Crippen LogP contribution in [0.25, 0.3) is 5.69 Å². The van der Waals surface area contributed by atoms with Crippen LogP contribution in [0.2, 0.25) is 0 Å². The van der Waals surface area contributed by atoms with Gasteiger partial charge in [-0.05, 0) is 44.9 Å². The van der Waals surface area contributed by atoms with E-state index < -0.39 is 35.4 Å². The van der Waals surface area contributed by atoms with Crippen LogP contribution in [0.1, 0.15) is 40.2 Å². The van der Waals surface area contributed by atoms with Crippen LogP contribution in [0.15, 0.2) is 30.9 Å². The molecule has 0 spiro atoms. The first-order valence-electron chi connectivity index (χ1n) is 9.14. The number of esters is 1. The summed E-state index contributed by atoms with van der Waals surface area (Å²) in [6.45, 7) is 8.50. The van der Waals surface area contributed by atoms with E-state index in [9.17, 15) is 22.8 Å². The monoisotopic (exact) mass is 427 g/mol. The molecule has 0 saturated heterocycles. The third-order valence-corrected chi connectivity index (χ3v) is 3.84. The Labute approximate surface area is 171 Å². The molecular weight excluding hydrogens is 403 g/mol. The Morgan fingerprint density at radius 3 is 2.33 bits per heavy atom. The first-order chi connectivity index (χ1) is 13.8. The van der Waals surface area contributed by atoms with Gasteiger partial charge < -0.3 is 15.4 Å². The van der Waals surface area contributed by atoms with Crippen molar-refractivity contribution in [3.8, 4) is 5.69 Å². The normalized spacial score (nSPS) is 13.1. The zero-order chi connectivity index (χ0) is 22.7. The van der Waals surface area contributed by atoms with Gasteiger partial charge in [-0.2, -0.15) is 18.3 Å². The number of rotatable bonds is 5. The van der Waals surface area contributed by atoms with Crippen molar-refractivity contribution < 1.29 is 27.5 Å². The molecule has 0 saturated carbocycles. The van der Waals surface area contributed by atoms with Crippen molar-refractivity contribution in [1.29, 1.82) is 0 Å². The number of ether oxygens (including phenoxy) is 1. The highest BCUT2D eigenvalue weighted by Crippen LogP contribution is 2.35. The number of hydrogen-bond acceptors (Lipinski definition) is 5. The fourth-order valence-corrected chi connectivity index (χ4v) is 2.54. The first kappa shape index (κ1) is 23.2. The van der Waals surface area contributed by atoms with E-state index in [1.807, 2.05) is 0 Å². The topological polar surface area (TPSA) is 98.1 Å². The summed E-state index contributed by atoms with van der Waals surface area (Å²) in [5.74, 6) is -0.934. The number of anilines is 1. The molecule has 2 rings (SSSR count). The summed E-state index contributed by atoms with van der Waals surface area (Å²) in [6.07, 6.45) is -2.44. The number of halogens is 3. The predicted octanol–water partition coefficient (Wildman–Crippen LogP) is 3.77. The quantitative estimate of drug-likeness (QED) is 0.708. The minimum Gasteiger partial charge on any atom is -0.458 e. The van der Waals surface area contributed by atoms with E-state index in [1.165, 1.54) is 12.1 Å². The second kappa shape index (κ2) is 8.72. The smallest absolute Gasteiger partial charge is 0.418 e. The molecule has 164 valence electrons. The molecule has 0 bridgehead atoms. The molecule has 30 heavy (non-hydrogen) atoms. The highest BCUT2D eigenvalue weighted by atomic mass is 19.4. The molecule has 2 N–H and O–H groups in total. The Bertz CT molecular complexity index is 890. The summed E-state index contributed by atoms with van der Waals surface area (Å²) in [5.41, 5.74) is -2.09. The average Bonchev–Trinajstić information content (AvgIpc) is 3.11. The van der Waals surface area contributed by atoms with Crippen LogP contribution in [-0.2, 0) is 15.7 Å². The molecular formula is C19H24F3N5O3. The van der Waals surface area contributed by atoms with Gasteiger partial charge in [0.15, 0.2) is 0 Å². The Morgan fingerprint density at radius 1 is 1.17 bits per heavy atom. The number of nitrogens with zero attached hydrogens (tertiary/aromatic N) is 3. The number of urea groups is 1. The molecule has 11 heteroatoms. The maximum absolute atomic E-state index is 13.5. The number of carbonyl (C=O) groups excluding carboxylic acids is 2. The van der Waals surface area contributed by atoms with Crippen LogP contribution in [0.4, 0.5) is 23.7 Å². The number of hydrogen-bond donors (Lipinski definition) is 2. The number of benzene rings is 1. The van der Waals surface area contributed by atoms with Gasteiger partial charge in [0.2, 0.25) is 0 Å². The Balaban J connectivity index is 2.20. The molecule has 1 atom stereocenters. The molecule has 1 heterocycles. The average molecular weight is 427 g/mol. The minimum atomic E-state index is -4.69. The molecule has 0 aliphatic heterocycles. The molecule has 2 aromatic rings. The number of aromatic nitrogens is 3. The van der Waals surface area contributed by atoms with E-state index in [-0.39, 0.29) is 17.3 Å². The Morgan fingerprint density at radius 2 is 1.83 bits per heavy atom. The molecule has 0 radical (unpaired) electrons. The second-order valence-corrected chi connectivity index (χ2v) is 7.92. The standard InChI is InChI=1S/C19H24F3N5O3/c1-11(2)15(16(28)30-18(3,4)5)26-17(29)25-12-6-7-14(27-10-23-9-24-27)13(8-12)19(20,21)22/h6-11,15H,1-5H3,(H2,25,26,29)/t15-/m0/s1. The largest absolute Gasteiger partial charge is 0.458 e. The molecule has 2 amide bonds. The zero-order valence-corrected chi connectivity index (χ0v) is 17.2. The summed E-state index contributed by atoms with van der Waals surface area (Å²) < 4.78 is 46.7. The molecule has 1 aromatic heterocycles. The van der Waals surface area contributed by atoms with Gasteiger partial charge in [-0.15, -0.1) is 0 Å². The van der Waals surface area contributed by atoms with Gasteiger partial charge in [0.25, 0.3) is 0 Å². The van der Waals surface area contributed by atoms with Gasteiger partial charge in [-0.25, -0.2) is 19.3 Å². The summed E-state index contributed by atoms with van der Waals surface area (Å²) in [5, 5.41) is 8.49. The van der Waals surface area contributed by atoms with Gasteiger partial charge in [-0.1, -0.05) is 13.8 Å². The first-order valence-corrected chi connectivity index (χ1v) is 9.14. The molecule has 0 unspecified atom stereocenters. The van der Waals surface area contributed by atoms with Crippen molar-refractivity contribution in [3.05, 3.63) is 36.4 Å². The van der Waals surface area contributed by atoms with E-state index in [0.29, 0.717) is 0 Å². The van der Waals surface area contributed by atoms with Crippen LogP contribution >= 0.6 is 0 Å². The lowest BCUT2D eigenvalue weighted by Gasteiger charge is -2.26. The van der Waals surface area contributed by atoms with E-state index in [2.05, 4.69) is 20.7 Å². The number of alkyl halides is 3. The maximum atomic E-state index is 13.5. The van der Waals surface area contributed by atoms with Crippen molar-refractivity contribution in [1.82, 2.24) is 20.1 Å². The summed E-state index contributed by atoms with van der Waals surface area (Å²) in [7, 11) is 0. The molecule has 0 aliphatic rings. The number of carbonyl (C=O) groups is 2. The molecule has 1 aromatic carbocycles. The van der Waals surface area contributed by atoms with Crippen molar-refractivity contribution in [3.63, 3.8) is 0 Å². The van der Waals surface area contributed by atoms with Crippen LogP contribution in [-0.4, -0.2) is 38.4 Å². The third-order valence-electron chi connectivity index (χ3n) is 3.84. The SMILES string of the molecule is CC(C)[C@H](NC(=O)Nc1ccc(-n2cncn2)c(C(F)(F)F)c1)C(=O)OC(C)(C)C. The van der Waals surface area contributed by atoms with Crippen LogP contribution in [0, 0.1) is 5.92 Å². The van der Waals surface area contributed by atoms with Crippen molar-refractivity contribution in [2.45, 2.75) is 52.4 Å². The second-order valence-electron chi connectivity index (χ2n) is 7.92. The van der Waals surface area contributed by atoms with Crippen LogP contribution in [0.3, 0.4) is 0 Å². The Hall–Kier alpha value is -3.11. The van der Waals surface area contributed by atoms with Crippen molar-refractivity contribution in [2.24, 2.45) is 5.92 Å². The third kappa shape index (κ3) is 6.19. The lowest BCUT2D eigenvalue weighted by Crippen LogP contribution is -2.48. The number of nitrogens with one attached hydrogen (secondary N) is 2.